The Balaban J connectivity index is 2.34. The zero-order chi connectivity index (χ0) is 19.1. The topological polar surface area (TPSA) is 18.5 Å². The van der Waals surface area contributed by atoms with E-state index in [4.69, 9.17) is 9.47 Å². The molecular formula is C24H32O2. The summed E-state index contributed by atoms with van der Waals surface area (Å²) in [6.07, 6.45) is 8.88. The van der Waals surface area contributed by atoms with Crippen LogP contribution >= 0.6 is 0 Å². The predicted molar refractivity (Wildman–Crippen MR) is 113 cm³/mol. The van der Waals surface area contributed by atoms with Crippen molar-refractivity contribution in [2.24, 2.45) is 0 Å². The van der Waals surface area contributed by atoms with Gasteiger partial charge in [0.05, 0.1) is 14.2 Å². The SMILES string of the molecule is CCC(C)=CCCC(C)=CCc1c(C)c(OC)c2ccccc2c1OC. The molecule has 0 aromatic heterocycles. The molecule has 2 heteroatoms. The van der Waals surface area contributed by atoms with Crippen molar-refractivity contribution in [2.45, 2.75) is 53.4 Å². The summed E-state index contributed by atoms with van der Waals surface area (Å²) in [7, 11) is 3.50. The van der Waals surface area contributed by atoms with E-state index in [0.29, 0.717) is 0 Å². The lowest BCUT2D eigenvalue weighted by Gasteiger charge is -2.18. The second-order valence-electron chi connectivity index (χ2n) is 6.91. The van der Waals surface area contributed by atoms with E-state index in [-0.39, 0.29) is 0 Å². The smallest absolute Gasteiger partial charge is 0.130 e. The summed E-state index contributed by atoms with van der Waals surface area (Å²) in [6.45, 7) is 8.75. The normalized spacial score (nSPS) is 12.5. The van der Waals surface area contributed by atoms with Crippen molar-refractivity contribution in [1.29, 1.82) is 0 Å². The van der Waals surface area contributed by atoms with Gasteiger partial charge in [-0.15, -0.1) is 0 Å². The molecule has 26 heavy (non-hydrogen) atoms. The first kappa shape index (κ1) is 20.1. The largest absolute Gasteiger partial charge is 0.496 e. The maximum absolute atomic E-state index is 5.80. The Hall–Kier alpha value is -2.22. The molecule has 0 spiro atoms. The van der Waals surface area contributed by atoms with Crippen molar-refractivity contribution >= 4 is 10.8 Å². The molecule has 0 N–H and O–H groups in total. The van der Waals surface area contributed by atoms with E-state index in [2.05, 4.69) is 52.0 Å². The third-order valence-corrected chi connectivity index (χ3v) is 5.14. The van der Waals surface area contributed by atoms with Crippen LogP contribution in [-0.4, -0.2) is 14.2 Å². The number of methoxy groups -OCH3 is 2. The summed E-state index contributed by atoms with van der Waals surface area (Å²) in [4.78, 5) is 0. The number of rotatable bonds is 8. The fourth-order valence-corrected chi connectivity index (χ4v) is 3.36. The first-order valence-electron chi connectivity index (χ1n) is 9.46. The van der Waals surface area contributed by atoms with Crippen LogP contribution < -0.4 is 9.47 Å². The Labute approximate surface area is 158 Å². The van der Waals surface area contributed by atoms with E-state index in [1.165, 1.54) is 16.7 Å². The number of hydrogen-bond donors (Lipinski definition) is 0. The zero-order valence-electron chi connectivity index (χ0n) is 17.1. The highest BCUT2D eigenvalue weighted by Crippen LogP contribution is 2.40. The first-order chi connectivity index (χ1) is 12.5. The van der Waals surface area contributed by atoms with Crippen molar-refractivity contribution in [1.82, 2.24) is 0 Å². The van der Waals surface area contributed by atoms with Crippen LogP contribution in [0, 0.1) is 6.92 Å². The minimum atomic E-state index is 0.860. The fraction of sp³-hybridized carbons (Fsp3) is 0.417. The predicted octanol–water partition coefficient (Wildman–Crippen LogP) is 6.79. The van der Waals surface area contributed by atoms with Crippen molar-refractivity contribution in [3.8, 4) is 11.5 Å². The second kappa shape index (κ2) is 9.47. The molecule has 2 aromatic rings. The van der Waals surface area contributed by atoms with Crippen LogP contribution in [0.5, 0.6) is 11.5 Å². The number of benzene rings is 2. The van der Waals surface area contributed by atoms with Crippen LogP contribution in [-0.2, 0) is 6.42 Å². The molecule has 0 heterocycles. The van der Waals surface area contributed by atoms with E-state index in [1.54, 1.807) is 14.2 Å². The average Bonchev–Trinajstić information content (AvgIpc) is 2.65. The molecule has 0 radical (unpaired) electrons. The Morgan fingerprint density at radius 1 is 0.923 bits per heavy atom. The van der Waals surface area contributed by atoms with Crippen LogP contribution in [0.25, 0.3) is 10.8 Å². The molecule has 0 bridgehead atoms. The van der Waals surface area contributed by atoms with Crippen molar-refractivity contribution in [3.63, 3.8) is 0 Å². The van der Waals surface area contributed by atoms with Gasteiger partial charge in [-0.2, -0.15) is 0 Å². The van der Waals surface area contributed by atoms with Gasteiger partial charge in [0.2, 0.25) is 0 Å². The average molecular weight is 353 g/mol. The molecule has 0 aliphatic heterocycles. The van der Waals surface area contributed by atoms with Gasteiger partial charge in [0, 0.05) is 16.3 Å². The van der Waals surface area contributed by atoms with Gasteiger partial charge in [-0.1, -0.05) is 54.5 Å². The van der Waals surface area contributed by atoms with Crippen molar-refractivity contribution < 1.29 is 9.47 Å². The van der Waals surface area contributed by atoms with E-state index in [0.717, 1.165) is 53.5 Å². The van der Waals surface area contributed by atoms with Gasteiger partial charge < -0.3 is 9.47 Å². The second-order valence-corrected chi connectivity index (χ2v) is 6.91. The molecule has 0 saturated heterocycles. The van der Waals surface area contributed by atoms with Gasteiger partial charge in [0.25, 0.3) is 0 Å². The van der Waals surface area contributed by atoms with Crippen LogP contribution in [0.2, 0.25) is 0 Å². The van der Waals surface area contributed by atoms with Gasteiger partial charge >= 0.3 is 0 Å². The Morgan fingerprint density at radius 2 is 1.54 bits per heavy atom. The molecule has 140 valence electrons. The Kier molecular flexibility index (Phi) is 7.32. The van der Waals surface area contributed by atoms with E-state index < -0.39 is 0 Å². The van der Waals surface area contributed by atoms with Gasteiger partial charge in [0.15, 0.2) is 0 Å². The molecule has 0 unspecified atom stereocenters. The lowest BCUT2D eigenvalue weighted by molar-refractivity contribution is 0.404. The highest BCUT2D eigenvalue weighted by Gasteiger charge is 2.17. The molecule has 0 atom stereocenters. The van der Waals surface area contributed by atoms with Crippen molar-refractivity contribution in [2.75, 3.05) is 14.2 Å². The number of allylic oxidation sites excluding steroid dienone is 4. The standard InChI is InChI=1S/C24H32O2/c1-7-17(2)11-10-12-18(3)15-16-20-19(4)23(25-5)21-13-8-9-14-22(21)24(20)26-6/h8-9,11,13-15H,7,10,12,16H2,1-6H3. The summed E-state index contributed by atoms with van der Waals surface area (Å²) in [6, 6.07) is 8.29. The minimum absolute atomic E-state index is 0.860. The molecular weight excluding hydrogens is 320 g/mol. The number of ether oxygens (including phenoxy) is 2. The lowest BCUT2D eigenvalue weighted by Crippen LogP contribution is -2.00. The van der Waals surface area contributed by atoms with Crippen LogP contribution in [0.4, 0.5) is 0 Å². The van der Waals surface area contributed by atoms with Gasteiger partial charge in [-0.05, 0) is 52.0 Å². The summed E-state index contributed by atoms with van der Waals surface area (Å²) in [5.41, 5.74) is 5.25. The number of hydrogen-bond acceptors (Lipinski definition) is 2. The molecule has 0 aliphatic carbocycles. The molecule has 0 fully saturated rings. The van der Waals surface area contributed by atoms with Crippen LogP contribution in [0.1, 0.15) is 51.2 Å². The quantitative estimate of drug-likeness (QED) is 0.487. The Morgan fingerprint density at radius 3 is 2.12 bits per heavy atom. The maximum Gasteiger partial charge on any atom is 0.130 e. The molecule has 0 aliphatic rings. The van der Waals surface area contributed by atoms with E-state index in [1.807, 2.05) is 12.1 Å². The first-order valence-corrected chi connectivity index (χ1v) is 9.46. The monoisotopic (exact) mass is 352 g/mol. The molecule has 2 aromatic carbocycles. The summed E-state index contributed by atoms with van der Waals surface area (Å²) >= 11 is 0. The zero-order valence-corrected chi connectivity index (χ0v) is 17.1. The van der Waals surface area contributed by atoms with Gasteiger partial charge in [0.1, 0.15) is 11.5 Å². The third kappa shape index (κ3) is 4.49. The Bertz CT molecular complexity index is 813. The lowest BCUT2D eigenvalue weighted by atomic mass is 9.95. The molecule has 2 nitrogen and oxygen atoms in total. The van der Waals surface area contributed by atoms with Gasteiger partial charge in [-0.25, -0.2) is 0 Å². The highest BCUT2D eigenvalue weighted by molar-refractivity contribution is 5.96. The van der Waals surface area contributed by atoms with Crippen LogP contribution in [0.3, 0.4) is 0 Å². The van der Waals surface area contributed by atoms with E-state index >= 15 is 0 Å². The molecule has 2 rings (SSSR count). The van der Waals surface area contributed by atoms with Crippen molar-refractivity contribution in [3.05, 3.63) is 58.7 Å². The minimum Gasteiger partial charge on any atom is -0.496 e. The number of fused-ring (bicyclic) bond motifs is 1. The summed E-state index contributed by atoms with van der Waals surface area (Å²) < 4.78 is 11.5. The summed E-state index contributed by atoms with van der Waals surface area (Å²) in [5, 5.41) is 2.22. The highest BCUT2D eigenvalue weighted by atomic mass is 16.5. The molecule has 0 saturated carbocycles. The summed E-state index contributed by atoms with van der Waals surface area (Å²) in [5.74, 6) is 1.91. The van der Waals surface area contributed by atoms with E-state index in [9.17, 15) is 0 Å². The van der Waals surface area contributed by atoms with Crippen LogP contribution in [0.15, 0.2) is 47.6 Å². The van der Waals surface area contributed by atoms with Gasteiger partial charge in [-0.3, -0.25) is 0 Å². The third-order valence-electron chi connectivity index (χ3n) is 5.14. The molecule has 0 amide bonds. The fourth-order valence-electron chi connectivity index (χ4n) is 3.36. The maximum atomic E-state index is 5.80.